The zero-order chi connectivity index (χ0) is 17.5. The number of carbonyl (C=O) groups excluding carboxylic acids is 1. The fourth-order valence-corrected chi connectivity index (χ4v) is 3.68. The highest BCUT2D eigenvalue weighted by Crippen LogP contribution is 2.21. The van der Waals surface area contributed by atoms with E-state index < -0.39 is 0 Å². The average molecular weight is 355 g/mol. The first-order chi connectivity index (χ1) is 12.2. The van der Waals surface area contributed by atoms with Crippen molar-refractivity contribution >= 4 is 17.7 Å². The number of hydrogen-bond donors (Lipinski definition) is 1. The summed E-state index contributed by atoms with van der Waals surface area (Å²) in [5.74, 6) is 0.353. The third kappa shape index (κ3) is 5.35. The molecule has 3 rings (SSSR count). The van der Waals surface area contributed by atoms with Gasteiger partial charge in [0.1, 0.15) is 0 Å². The second-order valence-corrected chi connectivity index (χ2v) is 7.48. The zero-order valence-electron chi connectivity index (χ0n) is 14.8. The lowest BCUT2D eigenvalue weighted by Crippen LogP contribution is -2.40. The Labute approximate surface area is 154 Å². The van der Waals surface area contributed by atoms with Crippen molar-refractivity contribution in [2.45, 2.75) is 30.8 Å². The van der Waals surface area contributed by atoms with Crippen LogP contribution in [0.5, 0.6) is 0 Å². The lowest BCUT2D eigenvalue weighted by molar-refractivity contribution is -0.126. The van der Waals surface area contributed by atoms with Gasteiger partial charge in [-0.25, -0.2) is 0 Å². The number of benzene rings is 2. The van der Waals surface area contributed by atoms with Gasteiger partial charge in [0.15, 0.2) is 0 Å². The van der Waals surface area contributed by atoms with Gasteiger partial charge in [-0.05, 0) is 55.4 Å². The summed E-state index contributed by atoms with van der Waals surface area (Å²) < 4.78 is 0. The lowest BCUT2D eigenvalue weighted by Gasteiger charge is -2.31. The highest BCUT2D eigenvalue weighted by atomic mass is 32.2. The van der Waals surface area contributed by atoms with Crippen LogP contribution < -0.4 is 5.32 Å². The third-order valence-corrected chi connectivity index (χ3v) is 5.58. The largest absolute Gasteiger partial charge is 0.352 e. The van der Waals surface area contributed by atoms with Crippen molar-refractivity contribution in [1.29, 1.82) is 0 Å². The molecule has 132 valence electrons. The van der Waals surface area contributed by atoms with Crippen LogP contribution in [-0.4, -0.2) is 30.2 Å². The maximum atomic E-state index is 12.4. The first-order valence-electron chi connectivity index (χ1n) is 8.91. The quantitative estimate of drug-likeness (QED) is 0.798. The lowest BCUT2D eigenvalue weighted by atomic mass is 9.95. The molecule has 25 heavy (non-hydrogen) atoms. The van der Waals surface area contributed by atoms with Gasteiger partial charge in [0.25, 0.3) is 0 Å². The minimum Gasteiger partial charge on any atom is -0.352 e. The third-order valence-electron chi connectivity index (χ3n) is 4.83. The SMILES string of the molecule is CSc1ccc(CN2CCC(C(=O)NCc3ccccc3)CC2)cc1. The van der Waals surface area contributed by atoms with E-state index in [1.54, 1.807) is 11.8 Å². The molecule has 0 radical (unpaired) electrons. The highest BCUT2D eigenvalue weighted by Gasteiger charge is 2.24. The van der Waals surface area contributed by atoms with E-state index in [1.807, 2.05) is 30.3 Å². The fraction of sp³-hybridized carbons (Fsp3) is 0.381. The molecule has 1 amide bonds. The van der Waals surface area contributed by atoms with Crippen LogP contribution in [0.1, 0.15) is 24.0 Å². The number of thioether (sulfide) groups is 1. The van der Waals surface area contributed by atoms with Crippen LogP contribution in [0, 0.1) is 5.92 Å². The Morgan fingerprint density at radius 2 is 1.72 bits per heavy atom. The number of carbonyl (C=O) groups is 1. The molecule has 1 saturated heterocycles. The summed E-state index contributed by atoms with van der Waals surface area (Å²) in [5.41, 5.74) is 2.51. The minimum absolute atomic E-state index is 0.152. The molecule has 1 aliphatic heterocycles. The molecule has 1 aliphatic rings. The van der Waals surface area contributed by atoms with Crippen LogP contribution in [0.25, 0.3) is 0 Å². The molecular formula is C21H26N2OS. The molecule has 0 aliphatic carbocycles. The summed E-state index contributed by atoms with van der Waals surface area (Å²) in [6.45, 7) is 3.59. The predicted octanol–water partition coefficient (Wildman–Crippen LogP) is 3.94. The Morgan fingerprint density at radius 1 is 1.04 bits per heavy atom. The van der Waals surface area contributed by atoms with Crippen molar-refractivity contribution in [2.24, 2.45) is 5.92 Å². The molecule has 1 heterocycles. The number of rotatable bonds is 6. The smallest absolute Gasteiger partial charge is 0.223 e. The highest BCUT2D eigenvalue weighted by molar-refractivity contribution is 7.98. The van der Waals surface area contributed by atoms with E-state index in [9.17, 15) is 4.79 Å². The molecule has 0 bridgehead atoms. The molecule has 2 aromatic carbocycles. The number of likely N-dealkylation sites (tertiary alicyclic amines) is 1. The van der Waals surface area contributed by atoms with Crippen molar-refractivity contribution in [3.63, 3.8) is 0 Å². The number of nitrogens with zero attached hydrogens (tertiary/aromatic N) is 1. The molecule has 0 atom stereocenters. The van der Waals surface area contributed by atoms with Crippen LogP contribution in [0.2, 0.25) is 0 Å². The molecule has 0 spiro atoms. The molecule has 1 N–H and O–H groups in total. The van der Waals surface area contributed by atoms with Crippen molar-refractivity contribution in [3.05, 3.63) is 65.7 Å². The Hall–Kier alpha value is -1.78. The van der Waals surface area contributed by atoms with Gasteiger partial charge in [0.2, 0.25) is 5.91 Å². The molecule has 4 heteroatoms. The molecule has 0 aromatic heterocycles. The van der Waals surface area contributed by atoms with Gasteiger partial charge in [0, 0.05) is 23.9 Å². The van der Waals surface area contributed by atoms with Crippen LogP contribution in [0.3, 0.4) is 0 Å². The van der Waals surface area contributed by atoms with Gasteiger partial charge in [-0.3, -0.25) is 9.69 Å². The van der Waals surface area contributed by atoms with E-state index in [4.69, 9.17) is 0 Å². The molecular weight excluding hydrogens is 328 g/mol. The van der Waals surface area contributed by atoms with E-state index >= 15 is 0 Å². The Morgan fingerprint density at radius 3 is 2.36 bits per heavy atom. The standard InChI is InChI=1S/C21H26N2OS/c1-25-20-9-7-18(8-10-20)16-23-13-11-19(12-14-23)21(24)22-15-17-5-3-2-4-6-17/h2-10,19H,11-16H2,1H3,(H,22,24). The van der Waals surface area contributed by atoms with E-state index in [-0.39, 0.29) is 11.8 Å². The van der Waals surface area contributed by atoms with E-state index in [0.717, 1.165) is 38.0 Å². The second kappa shape index (κ2) is 9.07. The average Bonchev–Trinajstić information content (AvgIpc) is 2.68. The van der Waals surface area contributed by atoms with E-state index in [1.165, 1.54) is 10.5 Å². The molecule has 0 unspecified atom stereocenters. The fourth-order valence-electron chi connectivity index (χ4n) is 3.27. The predicted molar refractivity (Wildman–Crippen MR) is 105 cm³/mol. The first kappa shape index (κ1) is 18.0. The normalized spacial score (nSPS) is 15.9. The van der Waals surface area contributed by atoms with Crippen LogP contribution >= 0.6 is 11.8 Å². The van der Waals surface area contributed by atoms with E-state index in [2.05, 4.69) is 40.7 Å². The van der Waals surface area contributed by atoms with Crippen LogP contribution in [0.15, 0.2) is 59.5 Å². The van der Waals surface area contributed by atoms with Gasteiger partial charge < -0.3 is 5.32 Å². The monoisotopic (exact) mass is 354 g/mol. The number of hydrogen-bond acceptors (Lipinski definition) is 3. The van der Waals surface area contributed by atoms with Gasteiger partial charge in [-0.1, -0.05) is 42.5 Å². The second-order valence-electron chi connectivity index (χ2n) is 6.60. The number of nitrogens with one attached hydrogen (secondary N) is 1. The Balaban J connectivity index is 1.42. The zero-order valence-corrected chi connectivity index (χ0v) is 15.6. The topological polar surface area (TPSA) is 32.3 Å². The molecule has 0 saturated carbocycles. The van der Waals surface area contributed by atoms with Gasteiger partial charge in [-0.2, -0.15) is 0 Å². The van der Waals surface area contributed by atoms with E-state index in [0.29, 0.717) is 6.54 Å². The molecule has 1 fully saturated rings. The van der Waals surface area contributed by atoms with Gasteiger partial charge in [0.05, 0.1) is 0 Å². The van der Waals surface area contributed by atoms with Crippen molar-refractivity contribution in [2.75, 3.05) is 19.3 Å². The van der Waals surface area contributed by atoms with Crippen molar-refractivity contribution in [3.8, 4) is 0 Å². The summed E-state index contributed by atoms with van der Waals surface area (Å²) in [6, 6.07) is 18.9. The summed E-state index contributed by atoms with van der Waals surface area (Å²) in [5, 5.41) is 3.09. The van der Waals surface area contributed by atoms with Crippen LogP contribution in [-0.2, 0) is 17.9 Å². The van der Waals surface area contributed by atoms with Crippen LogP contribution in [0.4, 0.5) is 0 Å². The summed E-state index contributed by atoms with van der Waals surface area (Å²) in [7, 11) is 0. The first-order valence-corrected chi connectivity index (χ1v) is 10.1. The summed E-state index contributed by atoms with van der Waals surface area (Å²) >= 11 is 1.77. The minimum atomic E-state index is 0.152. The maximum absolute atomic E-state index is 12.4. The molecule has 3 nitrogen and oxygen atoms in total. The van der Waals surface area contributed by atoms with Gasteiger partial charge in [-0.15, -0.1) is 11.8 Å². The Bertz CT molecular complexity index is 664. The van der Waals surface area contributed by atoms with Crippen molar-refractivity contribution < 1.29 is 4.79 Å². The number of piperidine rings is 1. The van der Waals surface area contributed by atoms with Gasteiger partial charge >= 0.3 is 0 Å². The molecule has 2 aromatic rings. The summed E-state index contributed by atoms with van der Waals surface area (Å²) in [6.07, 6.45) is 4.00. The summed E-state index contributed by atoms with van der Waals surface area (Å²) in [4.78, 5) is 16.1. The number of amides is 1. The van der Waals surface area contributed by atoms with Crippen molar-refractivity contribution in [1.82, 2.24) is 10.2 Å². The Kier molecular flexibility index (Phi) is 6.54. The maximum Gasteiger partial charge on any atom is 0.223 e.